The zero-order valence-electron chi connectivity index (χ0n) is 21.4. The first-order valence-electron chi connectivity index (χ1n) is 12.6. The van der Waals surface area contributed by atoms with Crippen LogP contribution in [0.2, 0.25) is 0 Å². The Bertz CT molecular complexity index is 1290. The van der Waals surface area contributed by atoms with Gasteiger partial charge in [0, 0.05) is 37.1 Å². The third-order valence-corrected chi connectivity index (χ3v) is 6.78. The number of ether oxygens (including phenoxy) is 1. The number of rotatable bonds is 5. The highest BCUT2D eigenvalue weighted by atomic mass is 19.4. The van der Waals surface area contributed by atoms with E-state index in [0.29, 0.717) is 12.1 Å². The van der Waals surface area contributed by atoms with Crippen LogP contribution < -0.4 is 10.1 Å². The first-order chi connectivity index (χ1) is 18.7. The Morgan fingerprint density at radius 3 is 2.44 bits per heavy atom. The third-order valence-electron chi connectivity index (χ3n) is 6.78. The van der Waals surface area contributed by atoms with E-state index in [9.17, 15) is 18.0 Å². The summed E-state index contributed by atoms with van der Waals surface area (Å²) in [5.74, 6) is -0.628. The standard InChI is InChI=1S/C25H29N5O2.C2HF3O2/c1-32-21-11-9-20(10-12-21)28-25(31)22-14-27-30-23(22)17-29(15-18-6-3-2-4-7-18)16-19-8-5-13-26-24(19)30;3-2(4,5)1(6)7/h5,8-14,18H,2-4,6-7,15-17H2,1H3,(H,28,31);(H,6,7). The molecule has 9 nitrogen and oxygen atoms in total. The zero-order chi connectivity index (χ0) is 28.0. The molecule has 1 amide bonds. The van der Waals surface area contributed by atoms with E-state index in [2.05, 4.69) is 26.4 Å². The van der Waals surface area contributed by atoms with Crippen molar-refractivity contribution >= 4 is 17.6 Å². The Kier molecular flexibility index (Phi) is 8.85. The minimum Gasteiger partial charge on any atom is -0.497 e. The molecule has 0 unspecified atom stereocenters. The molecule has 12 heteroatoms. The Hall–Kier alpha value is -3.93. The molecule has 2 aliphatic rings. The van der Waals surface area contributed by atoms with Crippen LogP contribution in [0.1, 0.15) is 53.7 Å². The number of hydrogen-bond acceptors (Lipinski definition) is 6. The maximum absolute atomic E-state index is 13.2. The molecule has 1 aliphatic heterocycles. The molecule has 0 saturated heterocycles. The largest absolute Gasteiger partial charge is 0.497 e. The summed E-state index contributed by atoms with van der Waals surface area (Å²) in [6.07, 6.45) is 4.95. The molecule has 1 aliphatic carbocycles. The maximum Gasteiger partial charge on any atom is 0.490 e. The molecule has 5 rings (SSSR count). The summed E-state index contributed by atoms with van der Waals surface area (Å²) in [4.78, 5) is 29.1. The van der Waals surface area contributed by atoms with Crippen LogP contribution >= 0.6 is 0 Å². The summed E-state index contributed by atoms with van der Waals surface area (Å²) in [5.41, 5.74) is 3.35. The number of pyridine rings is 1. The molecular weight excluding hydrogens is 515 g/mol. The normalized spacial score (nSPS) is 15.7. The molecule has 3 heterocycles. The van der Waals surface area contributed by atoms with E-state index in [1.165, 1.54) is 32.1 Å². The number of carbonyl (C=O) groups excluding carboxylic acids is 1. The van der Waals surface area contributed by atoms with Gasteiger partial charge >= 0.3 is 12.1 Å². The molecule has 0 bridgehead atoms. The number of anilines is 1. The van der Waals surface area contributed by atoms with Gasteiger partial charge in [0.2, 0.25) is 0 Å². The van der Waals surface area contributed by atoms with Gasteiger partial charge in [0.1, 0.15) is 5.75 Å². The summed E-state index contributed by atoms with van der Waals surface area (Å²) >= 11 is 0. The van der Waals surface area contributed by atoms with Gasteiger partial charge in [-0.2, -0.15) is 18.3 Å². The van der Waals surface area contributed by atoms with Crippen molar-refractivity contribution in [2.45, 2.75) is 51.4 Å². The molecular formula is C27H30F3N5O4. The van der Waals surface area contributed by atoms with Crippen molar-refractivity contribution in [1.29, 1.82) is 0 Å². The van der Waals surface area contributed by atoms with Gasteiger partial charge in [-0.15, -0.1) is 0 Å². The van der Waals surface area contributed by atoms with E-state index in [-0.39, 0.29) is 5.91 Å². The van der Waals surface area contributed by atoms with Crippen LogP contribution in [0, 0.1) is 5.92 Å². The summed E-state index contributed by atoms with van der Waals surface area (Å²) < 4.78 is 38.8. The van der Waals surface area contributed by atoms with Crippen molar-refractivity contribution in [2.75, 3.05) is 19.0 Å². The second-order valence-electron chi connectivity index (χ2n) is 9.56. The van der Waals surface area contributed by atoms with Gasteiger partial charge in [0.25, 0.3) is 5.91 Å². The number of carboxylic acids is 1. The van der Waals surface area contributed by atoms with Crippen LogP contribution in [0.15, 0.2) is 48.8 Å². The minimum atomic E-state index is -5.08. The first-order valence-corrected chi connectivity index (χ1v) is 12.6. The molecule has 1 fully saturated rings. The number of methoxy groups -OCH3 is 1. The smallest absolute Gasteiger partial charge is 0.490 e. The molecule has 2 aromatic heterocycles. The average molecular weight is 546 g/mol. The Morgan fingerprint density at radius 2 is 1.79 bits per heavy atom. The van der Waals surface area contributed by atoms with E-state index in [4.69, 9.17) is 14.6 Å². The number of aromatic nitrogens is 3. The summed E-state index contributed by atoms with van der Waals surface area (Å²) in [5, 5.41) is 14.7. The van der Waals surface area contributed by atoms with Crippen molar-refractivity contribution in [3.05, 3.63) is 65.6 Å². The highest BCUT2D eigenvalue weighted by Gasteiger charge is 2.38. The zero-order valence-corrected chi connectivity index (χ0v) is 21.4. The molecule has 1 saturated carbocycles. The van der Waals surface area contributed by atoms with E-state index in [0.717, 1.165) is 47.5 Å². The highest BCUT2D eigenvalue weighted by molar-refractivity contribution is 6.05. The topological polar surface area (TPSA) is 110 Å². The van der Waals surface area contributed by atoms with Gasteiger partial charge in [0.05, 0.1) is 24.6 Å². The van der Waals surface area contributed by atoms with E-state index < -0.39 is 12.1 Å². The van der Waals surface area contributed by atoms with Crippen LogP contribution in [-0.2, 0) is 17.9 Å². The predicted molar refractivity (Wildman–Crippen MR) is 137 cm³/mol. The lowest BCUT2D eigenvalue weighted by atomic mass is 9.89. The van der Waals surface area contributed by atoms with Crippen molar-refractivity contribution in [1.82, 2.24) is 19.7 Å². The SMILES string of the molecule is COc1ccc(NC(=O)c2cnn3c2CN(CC2CCCCC2)Cc2cccnc2-3)cc1.O=C(O)C(F)(F)F. The number of aliphatic carboxylic acids is 1. The first kappa shape index (κ1) is 28.1. The van der Waals surface area contributed by atoms with Gasteiger partial charge in [-0.3, -0.25) is 9.69 Å². The van der Waals surface area contributed by atoms with Crippen molar-refractivity contribution in [2.24, 2.45) is 5.92 Å². The minimum absolute atomic E-state index is 0.159. The van der Waals surface area contributed by atoms with Gasteiger partial charge in [-0.25, -0.2) is 14.5 Å². The lowest BCUT2D eigenvalue weighted by molar-refractivity contribution is -0.192. The van der Waals surface area contributed by atoms with Gasteiger partial charge in [-0.1, -0.05) is 25.3 Å². The molecule has 0 radical (unpaired) electrons. The monoisotopic (exact) mass is 545 g/mol. The molecule has 2 N–H and O–H groups in total. The lowest BCUT2D eigenvalue weighted by Crippen LogP contribution is -2.30. The highest BCUT2D eigenvalue weighted by Crippen LogP contribution is 2.29. The van der Waals surface area contributed by atoms with Crippen LogP contribution in [0.3, 0.4) is 0 Å². The van der Waals surface area contributed by atoms with Crippen LogP contribution in [-0.4, -0.2) is 56.5 Å². The summed E-state index contributed by atoms with van der Waals surface area (Å²) in [6.45, 7) is 2.54. The number of nitrogens with zero attached hydrogens (tertiary/aromatic N) is 4. The number of nitrogens with one attached hydrogen (secondary N) is 1. The molecule has 0 atom stereocenters. The number of carbonyl (C=O) groups is 2. The summed E-state index contributed by atoms with van der Waals surface area (Å²) in [6, 6.07) is 11.4. The van der Waals surface area contributed by atoms with Crippen LogP contribution in [0.5, 0.6) is 5.75 Å². The molecule has 1 aromatic carbocycles. The molecule has 39 heavy (non-hydrogen) atoms. The van der Waals surface area contributed by atoms with Crippen LogP contribution in [0.4, 0.5) is 18.9 Å². The number of halogens is 3. The lowest BCUT2D eigenvalue weighted by Gasteiger charge is -2.28. The number of hydrogen-bond donors (Lipinski definition) is 2. The number of benzene rings is 1. The van der Waals surface area contributed by atoms with E-state index in [1.54, 1.807) is 19.5 Å². The maximum atomic E-state index is 13.2. The second-order valence-corrected chi connectivity index (χ2v) is 9.56. The Labute approximate surface area is 223 Å². The van der Waals surface area contributed by atoms with Crippen molar-refractivity contribution in [3.63, 3.8) is 0 Å². The Morgan fingerprint density at radius 1 is 1.10 bits per heavy atom. The predicted octanol–water partition coefficient (Wildman–Crippen LogP) is 5.06. The average Bonchev–Trinajstić information content (AvgIpc) is 3.26. The number of carboxylic acid groups (broad SMARTS) is 1. The number of amides is 1. The quantitative estimate of drug-likeness (QED) is 0.461. The van der Waals surface area contributed by atoms with Gasteiger partial charge < -0.3 is 15.2 Å². The van der Waals surface area contributed by atoms with Crippen molar-refractivity contribution in [3.8, 4) is 11.6 Å². The number of fused-ring (bicyclic) bond motifs is 3. The molecule has 3 aromatic rings. The van der Waals surface area contributed by atoms with Gasteiger partial charge in [-0.05, 0) is 49.1 Å². The fourth-order valence-corrected chi connectivity index (χ4v) is 4.89. The second kappa shape index (κ2) is 12.3. The summed E-state index contributed by atoms with van der Waals surface area (Å²) in [7, 11) is 1.63. The van der Waals surface area contributed by atoms with Crippen molar-refractivity contribution < 1.29 is 32.6 Å². The Balaban J connectivity index is 0.000000448. The molecule has 0 spiro atoms. The van der Waals surface area contributed by atoms with Gasteiger partial charge in [0.15, 0.2) is 5.82 Å². The number of alkyl halides is 3. The van der Waals surface area contributed by atoms with E-state index >= 15 is 0 Å². The third kappa shape index (κ3) is 7.14. The fraction of sp³-hybridized carbons (Fsp3) is 0.407. The molecule has 208 valence electrons. The fourth-order valence-electron chi connectivity index (χ4n) is 4.89. The van der Waals surface area contributed by atoms with E-state index in [1.807, 2.05) is 35.0 Å². The van der Waals surface area contributed by atoms with Crippen LogP contribution in [0.25, 0.3) is 5.82 Å².